The Bertz CT molecular complexity index is 1190. The molecule has 3 saturated carbocycles. The zero-order valence-electron chi connectivity index (χ0n) is 22.1. The van der Waals surface area contributed by atoms with Gasteiger partial charge in [0.25, 0.3) is 10.0 Å². The fourth-order valence-electron chi connectivity index (χ4n) is 8.45. The number of hydrogen-bond acceptors (Lipinski definition) is 6. The van der Waals surface area contributed by atoms with E-state index in [0.29, 0.717) is 29.7 Å². The number of rotatable bonds is 6. The molecule has 1 saturated heterocycles. The van der Waals surface area contributed by atoms with Gasteiger partial charge in [-0.1, -0.05) is 43.2 Å². The van der Waals surface area contributed by atoms with Gasteiger partial charge in [0.15, 0.2) is 0 Å². The molecule has 1 aromatic rings. The highest BCUT2D eigenvalue weighted by molar-refractivity contribution is 7.91. The minimum Gasteiger partial charge on any atom is -0.393 e. The molecule has 4 fully saturated rings. The Morgan fingerprint density at radius 3 is 2.65 bits per heavy atom. The second-order valence-electron chi connectivity index (χ2n) is 12.7. The second-order valence-corrected chi connectivity index (χ2v) is 15.8. The Morgan fingerprint density at radius 1 is 1.11 bits per heavy atom. The van der Waals surface area contributed by atoms with Gasteiger partial charge in [0.2, 0.25) is 0 Å². The second kappa shape index (κ2) is 9.27. The van der Waals surface area contributed by atoms with Crippen LogP contribution in [-0.4, -0.2) is 60.4 Å². The lowest BCUT2D eigenvalue weighted by Crippen LogP contribution is -2.57. The summed E-state index contributed by atoms with van der Waals surface area (Å²) in [5, 5.41) is 24.4. The van der Waals surface area contributed by atoms with Crippen LogP contribution in [0.25, 0.3) is 0 Å². The maximum Gasteiger partial charge on any atom is 0.252 e. The highest BCUT2D eigenvalue weighted by Crippen LogP contribution is 2.66. The molecule has 0 aromatic carbocycles. The lowest BCUT2D eigenvalue weighted by atomic mass is 9.50. The number of hydrogen-bond donors (Lipinski definition) is 2. The molecular formula is C29H41NO5S2. The van der Waals surface area contributed by atoms with Gasteiger partial charge in [-0.2, -0.15) is 4.31 Å². The number of sulfonamides is 1. The van der Waals surface area contributed by atoms with Gasteiger partial charge >= 0.3 is 0 Å². The number of ether oxygens (including phenoxy) is 1. The first-order chi connectivity index (χ1) is 17.6. The number of aliphatic hydroxyl groups excluding tert-OH is 1. The van der Waals surface area contributed by atoms with Gasteiger partial charge in [-0.15, -0.1) is 11.3 Å². The molecule has 37 heavy (non-hydrogen) atoms. The van der Waals surface area contributed by atoms with E-state index in [4.69, 9.17) is 4.74 Å². The Morgan fingerprint density at radius 2 is 1.92 bits per heavy atom. The number of allylic oxidation sites excluding steroid dienone is 3. The molecule has 4 aliphatic carbocycles. The van der Waals surface area contributed by atoms with E-state index in [9.17, 15) is 18.6 Å². The molecule has 0 spiro atoms. The summed E-state index contributed by atoms with van der Waals surface area (Å²) in [6.07, 6.45) is 12.0. The predicted molar refractivity (Wildman–Crippen MR) is 145 cm³/mol. The number of aliphatic hydroxyl groups is 2. The number of nitrogens with zero attached hydrogens (tertiary/aromatic N) is 1. The molecule has 6 nitrogen and oxygen atoms in total. The molecule has 8 heteroatoms. The van der Waals surface area contributed by atoms with Crippen LogP contribution in [-0.2, 0) is 14.8 Å². The summed E-state index contributed by atoms with van der Waals surface area (Å²) in [4.78, 5) is 0. The van der Waals surface area contributed by atoms with Gasteiger partial charge < -0.3 is 14.9 Å². The van der Waals surface area contributed by atoms with Crippen LogP contribution in [0.15, 0.2) is 45.0 Å². The maximum absolute atomic E-state index is 13.8. The van der Waals surface area contributed by atoms with Crippen molar-refractivity contribution in [1.82, 2.24) is 4.31 Å². The molecule has 0 amide bonds. The molecule has 0 bridgehead atoms. The van der Waals surface area contributed by atoms with E-state index in [2.05, 4.69) is 26.0 Å². The molecule has 0 radical (unpaired) electrons. The molecule has 6 rings (SSSR count). The minimum absolute atomic E-state index is 0.0830. The van der Waals surface area contributed by atoms with Crippen LogP contribution < -0.4 is 0 Å². The lowest BCUT2D eigenvalue weighted by molar-refractivity contribution is -0.0949. The van der Waals surface area contributed by atoms with E-state index in [-0.39, 0.29) is 35.5 Å². The molecule has 204 valence electrons. The summed E-state index contributed by atoms with van der Waals surface area (Å²) in [5.41, 5.74) is 1.42. The van der Waals surface area contributed by atoms with E-state index in [1.54, 1.807) is 17.5 Å². The molecule has 2 N–H and O–H groups in total. The summed E-state index contributed by atoms with van der Waals surface area (Å²) >= 11 is 1.23. The van der Waals surface area contributed by atoms with Gasteiger partial charge in [-0.3, -0.25) is 0 Å². The molecule has 1 aromatic heterocycles. The third kappa shape index (κ3) is 4.13. The topological polar surface area (TPSA) is 87.1 Å². The molecule has 5 aliphatic rings. The normalized spacial score (nSPS) is 41.6. The summed E-state index contributed by atoms with van der Waals surface area (Å²) < 4.78 is 35.2. The Hall–Kier alpha value is -1.03. The third-order valence-corrected chi connectivity index (χ3v) is 14.0. The molecule has 7 atom stereocenters. The first kappa shape index (κ1) is 26.2. The molecule has 2 heterocycles. The molecular weight excluding hydrogens is 506 g/mol. The monoisotopic (exact) mass is 547 g/mol. The predicted octanol–water partition coefficient (Wildman–Crippen LogP) is 4.89. The number of fused-ring (bicyclic) bond motifs is 5. The average Bonchev–Trinajstić information content (AvgIpc) is 3.62. The van der Waals surface area contributed by atoms with Crippen molar-refractivity contribution < 1.29 is 23.4 Å². The summed E-state index contributed by atoms with van der Waals surface area (Å²) in [6, 6.07) is 3.43. The van der Waals surface area contributed by atoms with Crippen LogP contribution in [0.2, 0.25) is 0 Å². The summed E-state index contributed by atoms with van der Waals surface area (Å²) in [5.74, 6) is 0.685. The minimum atomic E-state index is -3.73. The van der Waals surface area contributed by atoms with Crippen LogP contribution in [0.1, 0.15) is 71.6 Å². The quantitative estimate of drug-likeness (QED) is 0.530. The Kier molecular flexibility index (Phi) is 6.57. The van der Waals surface area contributed by atoms with Crippen molar-refractivity contribution in [2.45, 2.75) is 93.7 Å². The van der Waals surface area contributed by atoms with E-state index in [1.165, 1.54) is 26.8 Å². The van der Waals surface area contributed by atoms with Crippen LogP contribution in [0.4, 0.5) is 0 Å². The van der Waals surface area contributed by atoms with Crippen molar-refractivity contribution in [2.75, 3.05) is 19.7 Å². The SMILES string of the molecule is CC12CCC(O)CC1=CC=C1C2CCC2(C)C1CCC2(O)CN(CC1CCCO1)S(=O)(=O)c1cccs1. The van der Waals surface area contributed by atoms with Crippen molar-refractivity contribution >= 4 is 21.4 Å². The maximum atomic E-state index is 13.8. The third-order valence-electron chi connectivity index (χ3n) is 10.8. The Labute approximate surface area is 225 Å². The first-order valence-electron chi connectivity index (χ1n) is 14.0. The van der Waals surface area contributed by atoms with Crippen LogP contribution >= 0.6 is 11.3 Å². The summed E-state index contributed by atoms with van der Waals surface area (Å²) in [6.45, 7) is 5.66. The van der Waals surface area contributed by atoms with Crippen LogP contribution in [0.3, 0.4) is 0 Å². The van der Waals surface area contributed by atoms with E-state index in [1.807, 2.05) is 0 Å². The van der Waals surface area contributed by atoms with Gasteiger partial charge in [-0.05, 0) is 86.5 Å². The van der Waals surface area contributed by atoms with E-state index < -0.39 is 15.6 Å². The zero-order valence-corrected chi connectivity index (χ0v) is 23.7. The average molecular weight is 548 g/mol. The van der Waals surface area contributed by atoms with Crippen molar-refractivity contribution in [1.29, 1.82) is 0 Å². The summed E-state index contributed by atoms with van der Waals surface area (Å²) in [7, 11) is -3.73. The zero-order chi connectivity index (χ0) is 26.1. The molecule has 1 aliphatic heterocycles. The van der Waals surface area contributed by atoms with Crippen molar-refractivity contribution in [3.8, 4) is 0 Å². The Balaban J connectivity index is 1.31. The highest BCUT2D eigenvalue weighted by atomic mass is 32.2. The highest BCUT2D eigenvalue weighted by Gasteiger charge is 2.62. The fourth-order valence-corrected chi connectivity index (χ4v) is 11.1. The van der Waals surface area contributed by atoms with Crippen LogP contribution in [0, 0.1) is 22.7 Å². The van der Waals surface area contributed by atoms with E-state index in [0.717, 1.165) is 51.4 Å². The van der Waals surface area contributed by atoms with Gasteiger partial charge in [-0.25, -0.2) is 8.42 Å². The van der Waals surface area contributed by atoms with Crippen molar-refractivity contribution in [3.05, 3.63) is 40.8 Å². The van der Waals surface area contributed by atoms with Gasteiger partial charge in [0, 0.05) is 25.1 Å². The van der Waals surface area contributed by atoms with Crippen molar-refractivity contribution in [2.24, 2.45) is 22.7 Å². The van der Waals surface area contributed by atoms with Crippen molar-refractivity contribution in [3.63, 3.8) is 0 Å². The smallest absolute Gasteiger partial charge is 0.252 e. The molecule has 7 unspecified atom stereocenters. The van der Waals surface area contributed by atoms with Gasteiger partial charge in [0.05, 0.1) is 17.8 Å². The van der Waals surface area contributed by atoms with E-state index >= 15 is 0 Å². The van der Waals surface area contributed by atoms with Gasteiger partial charge in [0.1, 0.15) is 4.21 Å². The standard InChI is InChI=1S/C29H41NO5S2/c1-27-12-9-21(31)17-20(27)7-8-23-24(27)10-13-28(2)25(23)11-14-29(28,32)19-30(18-22-5-3-15-35-22)37(33,34)26-6-4-16-36-26/h4,6-8,16,21-22,24-25,31-32H,3,5,9-15,17-19H2,1-2H3. The number of thiophene rings is 1. The first-order valence-corrected chi connectivity index (χ1v) is 16.4. The van der Waals surface area contributed by atoms with Crippen LogP contribution in [0.5, 0.6) is 0 Å². The lowest BCUT2D eigenvalue weighted by Gasteiger charge is -2.56. The largest absolute Gasteiger partial charge is 0.393 e. The fraction of sp³-hybridized carbons (Fsp3) is 0.724.